The summed E-state index contributed by atoms with van der Waals surface area (Å²) in [6.45, 7) is 4.73. The van der Waals surface area contributed by atoms with Gasteiger partial charge in [-0.15, -0.1) is 0 Å². The van der Waals surface area contributed by atoms with Crippen molar-refractivity contribution in [3.8, 4) is 67.3 Å². The standard InChI is InChI=1S/C55H38N2/c1-55(2)50-33-43(26-27-47(50)49-31-40-16-8-9-17-41(40)32-51(49)55)44-28-29-48(46-19-11-10-18-45(44)46)54-56-52(37-13-4-3-5-14-37)34-53(57-54)38-23-20-36(21-24-38)42-25-22-35-12-6-7-15-39(35)30-42/h3-34H,1-2H3. The van der Waals surface area contributed by atoms with Crippen LogP contribution in [-0.4, -0.2) is 9.97 Å². The van der Waals surface area contributed by atoms with Crippen molar-refractivity contribution in [2.24, 2.45) is 0 Å². The van der Waals surface area contributed by atoms with Gasteiger partial charge in [0.25, 0.3) is 0 Å². The molecule has 0 radical (unpaired) electrons. The highest BCUT2D eigenvalue weighted by Crippen LogP contribution is 2.51. The van der Waals surface area contributed by atoms with Gasteiger partial charge in [-0.05, 0) is 113 Å². The van der Waals surface area contributed by atoms with E-state index in [0.29, 0.717) is 5.82 Å². The molecule has 1 heterocycles. The van der Waals surface area contributed by atoms with Crippen LogP contribution in [0.15, 0.2) is 194 Å². The molecule has 1 aliphatic rings. The molecule has 0 saturated heterocycles. The van der Waals surface area contributed by atoms with Crippen molar-refractivity contribution in [2.75, 3.05) is 0 Å². The summed E-state index contributed by atoms with van der Waals surface area (Å²) in [6.07, 6.45) is 0. The van der Waals surface area contributed by atoms with Gasteiger partial charge >= 0.3 is 0 Å². The van der Waals surface area contributed by atoms with Crippen LogP contribution in [0.4, 0.5) is 0 Å². The summed E-state index contributed by atoms with van der Waals surface area (Å²) >= 11 is 0. The summed E-state index contributed by atoms with van der Waals surface area (Å²) in [5.41, 5.74) is 15.0. The van der Waals surface area contributed by atoms with Crippen LogP contribution < -0.4 is 0 Å². The van der Waals surface area contributed by atoms with Crippen LogP contribution in [0, 0.1) is 0 Å². The van der Waals surface area contributed by atoms with Gasteiger partial charge in [-0.2, -0.15) is 0 Å². The van der Waals surface area contributed by atoms with E-state index in [9.17, 15) is 0 Å². The van der Waals surface area contributed by atoms with Gasteiger partial charge in [0.1, 0.15) is 0 Å². The van der Waals surface area contributed by atoms with E-state index in [0.717, 1.165) is 33.5 Å². The summed E-state index contributed by atoms with van der Waals surface area (Å²) < 4.78 is 0. The minimum atomic E-state index is -0.115. The van der Waals surface area contributed by atoms with Gasteiger partial charge in [-0.25, -0.2) is 9.97 Å². The molecule has 0 unspecified atom stereocenters. The van der Waals surface area contributed by atoms with Crippen molar-refractivity contribution < 1.29 is 0 Å². The second-order valence-electron chi connectivity index (χ2n) is 15.8. The monoisotopic (exact) mass is 726 g/mol. The van der Waals surface area contributed by atoms with E-state index in [2.05, 4.69) is 202 Å². The Balaban J connectivity index is 1.01. The minimum Gasteiger partial charge on any atom is -0.228 e. The second-order valence-corrected chi connectivity index (χ2v) is 15.8. The number of hydrogen-bond donors (Lipinski definition) is 0. The minimum absolute atomic E-state index is 0.115. The Morgan fingerprint density at radius 3 is 1.56 bits per heavy atom. The fraction of sp³-hybridized carbons (Fsp3) is 0.0545. The normalized spacial score (nSPS) is 12.9. The molecule has 0 atom stereocenters. The quantitative estimate of drug-likeness (QED) is 0.176. The summed E-state index contributed by atoms with van der Waals surface area (Å²) in [7, 11) is 0. The predicted molar refractivity (Wildman–Crippen MR) is 239 cm³/mol. The smallest absolute Gasteiger partial charge is 0.161 e. The first-order valence-corrected chi connectivity index (χ1v) is 19.7. The lowest BCUT2D eigenvalue weighted by molar-refractivity contribution is 0.661. The van der Waals surface area contributed by atoms with Crippen molar-refractivity contribution in [1.82, 2.24) is 9.97 Å². The Morgan fingerprint density at radius 1 is 0.316 bits per heavy atom. The number of aromatic nitrogens is 2. The van der Waals surface area contributed by atoms with Gasteiger partial charge in [-0.1, -0.05) is 172 Å². The molecule has 0 aliphatic heterocycles. The largest absolute Gasteiger partial charge is 0.228 e. The lowest BCUT2D eigenvalue weighted by Gasteiger charge is -2.22. The number of nitrogens with zero attached hydrogens (tertiary/aromatic N) is 2. The topological polar surface area (TPSA) is 25.8 Å². The number of benzene rings is 9. The molecule has 268 valence electrons. The van der Waals surface area contributed by atoms with Crippen molar-refractivity contribution >= 4 is 32.3 Å². The summed E-state index contributed by atoms with van der Waals surface area (Å²) in [5.74, 6) is 0.713. The third kappa shape index (κ3) is 5.56. The van der Waals surface area contributed by atoms with Gasteiger partial charge in [-0.3, -0.25) is 0 Å². The molecule has 1 aliphatic carbocycles. The van der Waals surface area contributed by atoms with E-state index >= 15 is 0 Å². The van der Waals surface area contributed by atoms with E-state index in [1.54, 1.807) is 0 Å². The molecule has 11 rings (SSSR count). The lowest BCUT2D eigenvalue weighted by Crippen LogP contribution is -2.15. The molecule has 0 bridgehead atoms. The third-order valence-electron chi connectivity index (χ3n) is 12.1. The Hall–Kier alpha value is -7.16. The average Bonchev–Trinajstić information content (AvgIpc) is 3.49. The molecule has 1 aromatic heterocycles. The molecule has 2 heteroatoms. The van der Waals surface area contributed by atoms with E-state index in [1.807, 2.05) is 6.07 Å². The first kappa shape index (κ1) is 33.2. The Bertz CT molecular complexity index is 3190. The fourth-order valence-electron chi connectivity index (χ4n) is 9.01. The van der Waals surface area contributed by atoms with Crippen LogP contribution in [-0.2, 0) is 5.41 Å². The molecule has 0 amide bonds. The summed E-state index contributed by atoms with van der Waals surface area (Å²) in [5, 5.41) is 7.38. The molecule has 9 aromatic carbocycles. The highest BCUT2D eigenvalue weighted by atomic mass is 14.9. The predicted octanol–water partition coefficient (Wildman–Crippen LogP) is 14.6. The number of fused-ring (bicyclic) bond motifs is 6. The van der Waals surface area contributed by atoms with Gasteiger partial charge in [0.2, 0.25) is 0 Å². The first-order chi connectivity index (χ1) is 28.0. The fourth-order valence-corrected chi connectivity index (χ4v) is 9.01. The second kappa shape index (κ2) is 13.0. The first-order valence-electron chi connectivity index (χ1n) is 19.7. The lowest BCUT2D eigenvalue weighted by atomic mass is 9.81. The highest BCUT2D eigenvalue weighted by molar-refractivity contribution is 6.05. The zero-order valence-electron chi connectivity index (χ0n) is 31.9. The Morgan fingerprint density at radius 2 is 0.825 bits per heavy atom. The van der Waals surface area contributed by atoms with Gasteiger partial charge in [0, 0.05) is 22.1 Å². The maximum atomic E-state index is 5.30. The van der Waals surface area contributed by atoms with Crippen molar-refractivity contribution in [3.05, 3.63) is 205 Å². The van der Waals surface area contributed by atoms with Crippen LogP contribution >= 0.6 is 0 Å². The van der Waals surface area contributed by atoms with Gasteiger partial charge in [0.05, 0.1) is 11.4 Å². The number of rotatable bonds is 5. The van der Waals surface area contributed by atoms with E-state index in [1.165, 1.54) is 71.4 Å². The molecule has 0 saturated carbocycles. The average molecular weight is 727 g/mol. The van der Waals surface area contributed by atoms with Crippen LogP contribution in [0.2, 0.25) is 0 Å². The van der Waals surface area contributed by atoms with E-state index in [4.69, 9.17) is 9.97 Å². The zero-order chi connectivity index (χ0) is 38.1. The van der Waals surface area contributed by atoms with Crippen LogP contribution in [0.1, 0.15) is 25.0 Å². The molecule has 10 aromatic rings. The van der Waals surface area contributed by atoms with E-state index in [-0.39, 0.29) is 5.41 Å². The molecule has 0 N–H and O–H groups in total. The van der Waals surface area contributed by atoms with Crippen LogP contribution in [0.3, 0.4) is 0 Å². The Labute approximate surface area is 332 Å². The Kier molecular flexibility index (Phi) is 7.55. The van der Waals surface area contributed by atoms with Gasteiger partial charge in [0.15, 0.2) is 5.82 Å². The van der Waals surface area contributed by atoms with Crippen molar-refractivity contribution in [2.45, 2.75) is 19.3 Å². The van der Waals surface area contributed by atoms with E-state index < -0.39 is 0 Å². The molecule has 0 spiro atoms. The maximum Gasteiger partial charge on any atom is 0.161 e. The number of hydrogen-bond acceptors (Lipinski definition) is 2. The van der Waals surface area contributed by atoms with Crippen molar-refractivity contribution in [3.63, 3.8) is 0 Å². The molecule has 0 fully saturated rings. The maximum absolute atomic E-state index is 5.30. The zero-order valence-corrected chi connectivity index (χ0v) is 31.9. The summed E-state index contributed by atoms with van der Waals surface area (Å²) in [6, 6.07) is 70.2. The molecule has 57 heavy (non-hydrogen) atoms. The molecular formula is C55H38N2. The molecule has 2 nitrogen and oxygen atoms in total. The van der Waals surface area contributed by atoms with Crippen LogP contribution in [0.25, 0.3) is 99.6 Å². The van der Waals surface area contributed by atoms with Crippen molar-refractivity contribution in [1.29, 1.82) is 0 Å². The summed E-state index contributed by atoms with van der Waals surface area (Å²) in [4.78, 5) is 10.5. The van der Waals surface area contributed by atoms with Gasteiger partial charge < -0.3 is 0 Å². The SMILES string of the molecule is CC1(C)c2cc(-c3ccc(-c4nc(-c5ccccc5)cc(-c5ccc(-c6ccc7ccccc7c6)cc5)n4)c4ccccc34)ccc2-c2cc3ccccc3cc21. The van der Waals surface area contributed by atoms with Crippen LogP contribution in [0.5, 0.6) is 0 Å². The third-order valence-corrected chi connectivity index (χ3v) is 12.1. The highest BCUT2D eigenvalue weighted by Gasteiger charge is 2.36. The molecular weight excluding hydrogens is 689 g/mol.